The third-order valence-corrected chi connectivity index (χ3v) is 5.89. The molecule has 1 aliphatic heterocycles. The van der Waals surface area contributed by atoms with Gasteiger partial charge >= 0.3 is 6.18 Å². The summed E-state index contributed by atoms with van der Waals surface area (Å²) in [5, 5.41) is 0.836. The van der Waals surface area contributed by atoms with Crippen LogP contribution >= 0.6 is 11.3 Å². The van der Waals surface area contributed by atoms with Crippen molar-refractivity contribution in [3.8, 4) is 0 Å². The number of pyridine rings is 1. The number of rotatable bonds is 3. The number of hydrogen-bond acceptors (Lipinski definition) is 7. The molecule has 11 heteroatoms. The molecule has 154 valence electrons. The summed E-state index contributed by atoms with van der Waals surface area (Å²) in [4.78, 5) is 20.1. The molecular formula is C18H18F4N6S. The van der Waals surface area contributed by atoms with Gasteiger partial charge in [-0.1, -0.05) is 0 Å². The molecule has 0 bridgehead atoms. The Morgan fingerprint density at radius 1 is 1.07 bits per heavy atom. The van der Waals surface area contributed by atoms with Crippen LogP contribution in [0.4, 0.5) is 23.4 Å². The molecule has 3 aromatic rings. The molecule has 29 heavy (non-hydrogen) atoms. The minimum absolute atomic E-state index is 0.248. The quantitative estimate of drug-likeness (QED) is 0.594. The zero-order valence-corrected chi connectivity index (χ0v) is 16.6. The summed E-state index contributed by atoms with van der Waals surface area (Å²) in [6, 6.07) is 1.23. The number of alkyl halides is 3. The molecule has 0 saturated carbocycles. The van der Waals surface area contributed by atoms with E-state index in [-0.39, 0.29) is 11.9 Å². The van der Waals surface area contributed by atoms with Crippen molar-refractivity contribution < 1.29 is 17.6 Å². The van der Waals surface area contributed by atoms with E-state index in [9.17, 15) is 17.6 Å². The van der Waals surface area contributed by atoms with Gasteiger partial charge in [-0.25, -0.2) is 24.3 Å². The lowest BCUT2D eigenvalue weighted by Gasteiger charge is -2.38. The molecule has 0 amide bonds. The Labute approximate surface area is 168 Å². The van der Waals surface area contributed by atoms with Gasteiger partial charge in [0.25, 0.3) is 0 Å². The fourth-order valence-electron chi connectivity index (χ4n) is 3.40. The fourth-order valence-corrected chi connectivity index (χ4v) is 4.19. The number of halogens is 4. The zero-order chi connectivity index (χ0) is 20.8. The number of aromatic nitrogens is 4. The van der Waals surface area contributed by atoms with Crippen LogP contribution in [0.3, 0.4) is 0 Å². The normalized spacial score (nSPS) is 17.1. The van der Waals surface area contributed by atoms with E-state index in [4.69, 9.17) is 0 Å². The highest BCUT2D eigenvalue weighted by atomic mass is 32.1. The van der Waals surface area contributed by atoms with Crippen molar-refractivity contribution in [1.82, 2.24) is 24.8 Å². The molecule has 1 aliphatic rings. The van der Waals surface area contributed by atoms with E-state index in [1.807, 2.05) is 18.7 Å². The van der Waals surface area contributed by atoms with Crippen LogP contribution in [0.15, 0.2) is 18.5 Å². The van der Waals surface area contributed by atoms with E-state index in [0.717, 1.165) is 22.1 Å². The van der Waals surface area contributed by atoms with Gasteiger partial charge in [-0.2, -0.15) is 13.2 Å². The van der Waals surface area contributed by atoms with E-state index >= 15 is 0 Å². The van der Waals surface area contributed by atoms with Crippen LogP contribution in [-0.2, 0) is 6.18 Å². The molecule has 1 fully saturated rings. The van der Waals surface area contributed by atoms with E-state index in [1.54, 1.807) is 0 Å². The maximum Gasteiger partial charge on any atom is 0.434 e. The first-order chi connectivity index (χ1) is 13.7. The van der Waals surface area contributed by atoms with Gasteiger partial charge in [0, 0.05) is 26.2 Å². The molecule has 3 aromatic heterocycles. The number of fused-ring (bicyclic) bond motifs is 1. The molecule has 1 saturated heterocycles. The summed E-state index contributed by atoms with van der Waals surface area (Å²) in [6.45, 7) is 6.03. The van der Waals surface area contributed by atoms with Gasteiger partial charge in [0.05, 0.1) is 33.8 Å². The SMILES string of the molecule is Cc1nc2nc(C(C)N3CCN(c4cnc(C(F)(F)F)cn4)CC3)c(F)cc2s1. The van der Waals surface area contributed by atoms with Crippen LogP contribution < -0.4 is 4.90 Å². The smallest absolute Gasteiger partial charge is 0.353 e. The van der Waals surface area contributed by atoms with Gasteiger partial charge in [0.15, 0.2) is 11.3 Å². The summed E-state index contributed by atoms with van der Waals surface area (Å²) in [5.74, 6) is 0.0404. The van der Waals surface area contributed by atoms with Gasteiger partial charge in [0.2, 0.25) is 0 Å². The van der Waals surface area contributed by atoms with Crippen molar-refractivity contribution in [3.05, 3.63) is 40.7 Å². The highest BCUT2D eigenvalue weighted by molar-refractivity contribution is 7.18. The van der Waals surface area contributed by atoms with Gasteiger partial charge in [0.1, 0.15) is 11.6 Å². The van der Waals surface area contributed by atoms with E-state index < -0.39 is 11.9 Å². The molecule has 0 aliphatic carbocycles. The average Bonchev–Trinajstić information content (AvgIpc) is 3.05. The predicted octanol–water partition coefficient (Wildman–Crippen LogP) is 3.83. The number of nitrogens with zero attached hydrogens (tertiary/aromatic N) is 6. The van der Waals surface area contributed by atoms with Crippen LogP contribution in [0.5, 0.6) is 0 Å². The van der Waals surface area contributed by atoms with Crippen molar-refractivity contribution in [3.63, 3.8) is 0 Å². The predicted molar refractivity (Wildman–Crippen MR) is 101 cm³/mol. The molecule has 1 atom stereocenters. The maximum absolute atomic E-state index is 14.6. The Morgan fingerprint density at radius 3 is 2.41 bits per heavy atom. The summed E-state index contributed by atoms with van der Waals surface area (Å²) in [6.07, 6.45) is -2.62. The Morgan fingerprint density at radius 2 is 1.79 bits per heavy atom. The molecular weight excluding hydrogens is 408 g/mol. The topological polar surface area (TPSA) is 58.0 Å². The second kappa shape index (κ2) is 7.45. The first-order valence-corrected chi connectivity index (χ1v) is 9.86. The third kappa shape index (κ3) is 4.01. The number of piperazine rings is 1. The van der Waals surface area contributed by atoms with Crippen molar-refractivity contribution >= 4 is 27.5 Å². The molecule has 4 rings (SSSR count). The van der Waals surface area contributed by atoms with Crippen LogP contribution in [0.1, 0.15) is 29.4 Å². The van der Waals surface area contributed by atoms with Crippen molar-refractivity contribution in [2.24, 2.45) is 0 Å². The number of anilines is 1. The van der Waals surface area contributed by atoms with Crippen LogP contribution in [-0.4, -0.2) is 51.0 Å². The third-order valence-electron chi connectivity index (χ3n) is 4.98. The highest BCUT2D eigenvalue weighted by Crippen LogP contribution is 2.29. The molecule has 0 N–H and O–H groups in total. The Hall–Kier alpha value is -2.40. The minimum atomic E-state index is -4.51. The first kappa shape index (κ1) is 19.9. The minimum Gasteiger partial charge on any atom is -0.353 e. The average molecular weight is 426 g/mol. The molecule has 0 radical (unpaired) electrons. The highest BCUT2D eigenvalue weighted by Gasteiger charge is 2.33. The summed E-state index contributed by atoms with van der Waals surface area (Å²) >= 11 is 1.41. The number of thiazole rings is 1. The van der Waals surface area contributed by atoms with Crippen LogP contribution in [0.25, 0.3) is 10.3 Å². The van der Waals surface area contributed by atoms with Crippen LogP contribution in [0, 0.1) is 12.7 Å². The largest absolute Gasteiger partial charge is 0.434 e. The van der Waals surface area contributed by atoms with Gasteiger partial charge < -0.3 is 4.90 Å². The van der Waals surface area contributed by atoms with Crippen molar-refractivity contribution in [2.75, 3.05) is 31.1 Å². The van der Waals surface area contributed by atoms with Gasteiger partial charge in [-0.15, -0.1) is 11.3 Å². The van der Waals surface area contributed by atoms with Crippen molar-refractivity contribution in [1.29, 1.82) is 0 Å². The Balaban J connectivity index is 1.45. The van der Waals surface area contributed by atoms with E-state index in [1.165, 1.54) is 17.4 Å². The summed E-state index contributed by atoms with van der Waals surface area (Å²) < 4.78 is 53.2. The Bertz CT molecular complexity index is 1010. The Kier molecular flexibility index (Phi) is 5.11. The molecule has 0 spiro atoms. The second-order valence-electron chi connectivity index (χ2n) is 6.87. The molecule has 4 heterocycles. The molecule has 6 nitrogen and oxygen atoms in total. The number of aryl methyl sites for hydroxylation is 1. The van der Waals surface area contributed by atoms with Crippen LogP contribution in [0.2, 0.25) is 0 Å². The van der Waals surface area contributed by atoms with E-state index in [2.05, 4.69) is 24.8 Å². The van der Waals surface area contributed by atoms with Gasteiger partial charge in [-0.3, -0.25) is 4.90 Å². The maximum atomic E-state index is 14.6. The summed E-state index contributed by atoms with van der Waals surface area (Å²) in [7, 11) is 0. The molecule has 0 aromatic carbocycles. The zero-order valence-electron chi connectivity index (χ0n) is 15.7. The monoisotopic (exact) mass is 426 g/mol. The lowest BCUT2D eigenvalue weighted by Crippen LogP contribution is -2.47. The van der Waals surface area contributed by atoms with E-state index in [0.29, 0.717) is 43.3 Å². The van der Waals surface area contributed by atoms with Crippen molar-refractivity contribution in [2.45, 2.75) is 26.1 Å². The lowest BCUT2D eigenvalue weighted by molar-refractivity contribution is -0.141. The second-order valence-corrected chi connectivity index (χ2v) is 8.10. The summed E-state index contributed by atoms with van der Waals surface area (Å²) in [5.41, 5.74) is -0.109. The van der Waals surface area contributed by atoms with Gasteiger partial charge in [-0.05, 0) is 19.9 Å². The standard InChI is InChI=1S/C18H18F4N6S/c1-10(16-12(19)7-13-17(26-16)25-11(2)29-13)27-3-5-28(6-4-27)15-9-23-14(8-24-15)18(20,21)22/h7-10H,3-6H2,1-2H3. The first-order valence-electron chi connectivity index (χ1n) is 9.04. The fraction of sp³-hybridized carbons (Fsp3) is 0.444. The lowest BCUT2D eigenvalue weighted by atomic mass is 10.1. The number of hydrogen-bond donors (Lipinski definition) is 0. The molecule has 1 unspecified atom stereocenters.